The van der Waals surface area contributed by atoms with Crippen LogP contribution in [0.5, 0.6) is 0 Å². The first-order valence-electron chi connectivity index (χ1n) is 7.31. The van der Waals surface area contributed by atoms with Gasteiger partial charge in [-0.2, -0.15) is 4.98 Å². The fraction of sp³-hybridized carbons (Fsp3) is 0.533. The summed E-state index contributed by atoms with van der Waals surface area (Å²) in [5.41, 5.74) is 7.93. The molecular weight excluding hydrogens is 270 g/mol. The first kappa shape index (κ1) is 15.6. The Morgan fingerprint density at radius 1 is 1.14 bits per heavy atom. The molecule has 2 aromatic rings. The van der Waals surface area contributed by atoms with Crippen molar-refractivity contribution < 1.29 is 13.9 Å². The number of hydrogen-bond acceptors (Lipinski definition) is 6. The lowest BCUT2D eigenvalue weighted by Crippen LogP contribution is -2.31. The molecule has 0 aliphatic rings. The van der Waals surface area contributed by atoms with E-state index < -0.39 is 0 Å². The topological polar surface area (TPSA) is 73.8 Å². The summed E-state index contributed by atoms with van der Waals surface area (Å²) in [5.74, 6) is 0. The molecule has 1 heterocycles. The molecule has 0 radical (unpaired) electrons. The molecular formula is C15H23N3O3. The Labute approximate surface area is 124 Å². The zero-order chi connectivity index (χ0) is 15.1. The minimum Gasteiger partial charge on any atom is -0.423 e. The lowest BCUT2D eigenvalue weighted by Gasteiger charge is -2.20. The van der Waals surface area contributed by atoms with Gasteiger partial charge in [-0.25, -0.2) is 0 Å². The van der Waals surface area contributed by atoms with E-state index in [9.17, 15) is 0 Å². The van der Waals surface area contributed by atoms with Gasteiger partial charge in [-0.1, -0.05) is 0 Å². The predicted molar refractivity (Wildman–Crippen MR) is 83.6 cm³/mol. The van der Waals surface area contributed by atoms with Crippen molar-refractivity contribution in [1.29, 1.82) is 0 Å². The monoisotopic (exact) mass is 293 g/mol. The smallest absolute Gasteiger partial charge is 0.298 e. The molecule has 116 valence electrons. The van der Waals surface area contributed by atoms with Gasteiger partial charge >= 0.3 is 0 Å². The summed E-state index contributed by atoms with van der Waals surface area (Å²) in [5, 5.41) is 0. The zero-order valence-corrected chi connectivity index (χ0v) is 12.7. The third-order valence-corrected chi connectivity index (χ3v) is 3.09. The van der Waals surface area contributed by atoms with E-state index in [4.69, 9.17) is 19.6 Å². The highest BCUT2D eigenvalue weighted by atomic mass is 16.5. The summed E-state index contributed by atoms with van der Waals surface area (Å²) in [6.45, 7) is 8.03. The van der Waals surface area contributed by atoms with E-state index in [0.717, 1.165) is 5.52 Å². The molecule has 6 heteroatoms. The molecule has 0 bridgehead atoms. The van der Waals surface area contributed by atoms with E-state index in [1.165, 1.54) is 0 Å². The largest absolute Gasteiger partial charge is 0.423 e. The van der Waals surface area contributed by atoms with Crippen LogP contribution < -0.4 is 10.6 Å². The minimum atomic E-state index is 0.579. The van der Waals surface area contributed by atoms with E-state index in [1.54, 1.807) is 6.07 Å². The summed E-state index contributed by atoms with van der Waals surface area (Å²) in [6.07, 6.45) is 0. The number of aromatic nitrogens is 1. The van der Waals surface area contributed by atoms with Gasteiger partial charge in [0, 0.05) is 38.1 Å². The number of oxazole rings is 1. The van der Waals surface area contributed by atoms with Crippen LogP contribution >= 0.6 is 0 Å². The van der Waals surface area contributed by atoms with Crippen molar-refractivity contribution in [3.63, 3.8) is 0 Å². The van der Waals surface area contributed by atoms with Crippen molar-refractivity contribution in [3.8, 4) is 0 Å². The number of nitrogens with zero attached hydrogens (tertiary/aromatic N) is 2. The SMILES string of the molecule is CCOCCN(CCOCC)c1nc2ccc(N)cc2o1. The summed E-state index contributed by atoms with van der Waals surface area (Å²) in [7, 11) is 0. The number of benzene rings is 1. The summed E-state index contributed by atoms with van der Waals surface area (Å²) >= 11 is 0. The number of ether oxygens (including phenoxy) is 2. The highest BCUT2D eigenvalue weighted by molar-refractivity contribution is 5.78. The van der Waals surface area contributed by atoms with E-state index >= 15 is 0 Å². The van der Waals surface area contributed by atoms with Gasteiger partial charge in [0.25, 0.3) is 6.01 Å². The number of nitrogen functional groups attached to an aromatic ring is 1. The molecule has 1 aromatic carbocycles. The van der Waals surface area contributed by atoms with Gasteiger partial charge in [-0.05, 0) is 26.0 Å². The highest BCUT2D eigenvalue weighted by Crippen LogP contribution is 2.23. The van der Waals surface area contributed by atoms with Crippen LogP contribution in [-0.4, -0.2) is 44.5 Å². The van der Waals surface area contributed by atoms with Crippen molar-refractivity contribution in [1.82, 2.24) is 4.98 Å². The van der Waals surface area contributed by atoms with Gasteiger partial charge in [-0.3, -0.25) is 0 Å². The molecule has 0 atom stereocenters. The second-order valence-electron chi connectivity index (χ2n) is 4.60. The van der Waals surface area contributed by atoms with Gasteiger partial charge in [0.1, 0.15) is 5.52 Å². The average Bonchev–Trinajstić information content (AvgIpc) is 2.88. The van der Waals surface area contributed by atoms with E-state index in [2.05, 4.69) is 4.98 Å². The second-order valence-corrected chi connectivity index (χ2v) is 4.60. The van der Waals surface area contributed by atoms with Crippen LogP contribution in [-0.2, 0) is 9.47 Å². The number of nitrogens with two attached hydrogens (primary N) is 1. The molecule has 1 aromatic heterocycles. The lowest BCUT2D eigenvalue weighted by molar-refractivity contribution is 0.140. The van der Waals surface area contributed by atoms with Crippen LogP contribution in [0.15, 0.2) is 22.6 Å². The van der Waals surface area contributed by atoms with Gasteiger partial charge in [0.05, 0.1) is 13.2 Å². The molecule has 2 rings (SSSR count). The molecule has 0 saturated carbocycles. The van der Waals surface area contributed by atoms with Crippen molar-refractivity contribution in [2.24, 2.45) is 0 Å². The Morgan fingerprint density at radius 2 is 1.81 bits per heavy atom. The first-order valence-corrected chi connectivity index (χ1v) is 7.31. The van der Waals surface area contributed by atoms with Gasteiger partial charge in [0.2, 0.25) is 0 Å². The fourth-order valence-electron chi connectivity index (χ4n) is 2.01. The number of anilines is 2. The fourth-order valence-corrected chi connectivity index (χ4v) is 2.01. The van der Waals surface area contributed by atoms with Crippen molar-refractivity contribution in [3.05, 3.63) is 18.2 Å². The first-order chi connectivity index (χ1) is 10.2. The number of fused-ring (bicyclic) bond motifs is 1. The van der Waals surface area contributed by atoms with Crippen LogP contribution in [0.25, 0.3) is 11.1 Å². The Bertz CT molecular complexity index is 546. The molecule has 0 amide bonds. The minimum absolute atomic E-state index is 0.579. The zero-order valence-electron chi connectivity index (χ0n) is 12.7. The molecule has 0 fully saturated rings. The molecule has 2 N–H and O–H groups in total. The van der Waals surface area contributed by atoms with Crippen molar-refractivity contribution in [2.75, 3.05) is 50.2 Å². The quantitative estimate of drug-likeness (QED) is 0.565. The summed E-state index contributed by atoms with van der Waals surface area (Å²) < 4.78 is 16.6. The number of hydrogen-bond donors (Lipinski definition) is 1. The molecule has 0 aliphatic heterocycles. The molecule has 6 nitrogen and oxygen atoms in total. The molecule has 21 heavy (non-hydrogen) atoms. The van der Waals surface area contributed by atoms with Crippen LogP contribution in [0.3, 0.4) is 0 Å². The van der Waals surface area contributed by atoms with E-state index in [-0.39, 0.29) is 0 Å². The maximum absolute atomic E-state index is 5.80. The third kappa shape index (κ3) is 4.34. The maximum atomic E-state index is 5.80. The number of rotatable bonds is 9. The van der Waals surface area contributed by atoms with Gasteiger partial charge in [0.15, 0.2) is 5.58 Å². The van der Waals surface area contributed by atoms with Crippen molar-refractivity contribution in [2.45, 2.75) is 13.8 Å². The molecule has 0 spiro atoms. The molecule has 0 aliphatic carbocycles. The maximum Gasteiger partial charge on any atom is 0.298 e. The molecule has 0 unspecified atom stereocenters. The second kappa shape index (κ2) is 7.85. The highest BCUT2D eigenvalue weighted by Gasteiger charge is 2.14. The van der Waals surface area contributed by atoms with Crippen LogP contribution in [0.1, 0.15) is 13.8 Å². The van der Waals surface area contributed by atoms with Crippen LogP contribution in [0, 0.1) is 0 Å². The van der Waals surface area contributed by atoms with Gasteiger partial charge in [-0.15, -0.1) is 0 Å². The van der Waals surface area contributed by atoms with Crippen LogP contribution in [0.2, 0.25) is 0 Å². The van der Waals surface area contributed by atoms with Gasteiger partial charge < -0.3 is 24.5 Å². The summed E-state index contributed by atoms with van der Waals surface area (Å²) in [4.78, 5) is 6.53. The summed E-state index contributed by atoms with van der Waals surface area (Å²) in [6, 6.07) is 6.05. The predicted octanol–water partition coefficient (Wildman–Crippen LogP) is 2.29. The van der Waals surface area contributed by atoms with E-state index in [1.807, 2.05) is 30.9 Å². The third-order valence-electron chi connectivity index (χ3n) is 3.09. The average molecular weight is 293 g/mol. The standard InChI is InChI=1S/C15H23N3O3/c1-3-19-9-7-18(8-10-20-4-2)15-17-13-6-5-12(16)11-14(13)21-15/h5-6,11H,3-4,7-10,16H2,1-2H3. The Kier molecular flexibility index (Phi) is 5.83. The molecule has 0 saturated heterocycles. The Balaban J connectivity index is 2.11. The van der Waals surface area contributed by atoms with Crippen molar-refractivity contribution >= 4 is 22.8 Å². The lowest BCUT2D eigenvalue weighted by atomic mass is 10.3. The van der Waals surface area contributed by atoms with Crippen LogP contribution in [0.4, 0.5) is 11.7 Å². The Hall–Kier alpha value is -1.79. The van der Waals surface area contributed by atoms with E-state index in [0.29, 0.717) is 56.8 Å². The normalized spacial score (nSPS) is 11.1. The Morgan fingerprint density at radius 3 is 2.43 bits per heavy atom.